The molecule has 9 heteroatoms. The Bertz CT molecular complexity index is 1390. The van der Waals surface area contributed by atoms with Gasteiger partial charge in [-0.25, -0.2) is 4.98 Å². The third-order valence-electron chi connectivity index (χ3n) is 7.59. The van der Waals surface area contributed by atoms with E-state index in [0.717, 1.165) is 33.8 Å². The number of aromatic amines is 2. The van der Waals surface area contributed by atoms with Gasteiger partial charge in [-0.2, -0.15) is 5.10 Å². The zero-order valence-electron chi connectivity index (χ0n) is 21.3. The molecule has 2 aliphatic rings. The third kappa shape index (κ3) is 4.73. The first kappa shape index (κ1) is 23.4. The second-order valence-corrected chi connectivity index (χ2v) is 10.3. The van der Waals surface area contributed by atoms with Crippen molar-refractivity contribution in [3.8, 4) is 28.4 Å². The lowest BCUT2D eigenvalue weighted by atomic mass is 9.82. The van der Waals surface area contributed by atoms with E-state index < -0.39 is 0 Å². The molecule has 0 spiro atoms. The van der Waals surface area contributed by atoms with Gasteiger partial charge in [-0.05, 0) is 81.0 Å². The number of pyridine rings is 1. The van der Waals surface area contributed by atoms with Crippen molar-refractivity contribution < 1.29 is 9.53 Å². The van der Waals surface area contributed by atoms with Crippen molar-refractivity contribution in [3.05, 3.63) is 59.8 Å². The first-order valence-corrected chi connectivity index (χ1v) is 12.9. The largest absolute Gasteiger partial charge is 0.481 e. The van der Waals surface area contributed by atoms with E-state index in [2.05, 4.69) is 35.7 Å². The van der Waals surface area contributed by atoms with Gasteiger partial charge in [-0.15, -0.1) is 10.2 Å². The van der Waals surface area contributed by atoms with Crippen molar-refractivity contribution in [1.29, 1.82) is 0 Å². The van der Waals surface area contributed by atoms with Gasteiger partial charge in [-0.3, -0.25) is 9.89 Å². The predicted molar refractivity (Wildman–Crippen MR) is 140 cm³/mol. The summed E-state index contributed by atoms with van der Waals surface area (Å²) < 4.78 is 5.26. The topological polar surface area (TPSA) is 121 Å². The number of carbonyl (C=O) groups excluding carboxylic acids is 1. The molecule has 1 atom stereocenters. The Balaban J connectivity index is 1.28. The van der Waals surface area contributed by atoms with Crippen LogP contribution in [0.2, 0.25) is 0 Å². The highest BCUT2D eigenvalue weighted by Crippen LogP contribution is 2.54. The molecule has 1 aromatic carbocycles. The molecule has 1 amide bonds. The van der Waals surface area contributed by atoms with Gasteiger partial charge in [0.15, 0.2) is 5.82 Å². The lowest BCUT2D eigenvalue weighted by Gasteiger charge is -2.24. The number of aromatic nitrogens is 6. The highest BCUT2D eigenvalue weighted by Gasteiger charge is 2.49. The Morgan fingerprint density at radius 1 is 1.03 bits per heavy atom. The van der Waals surface area contributed by atoms with Gasteiger partial charge in [0.2, 0.25) is 11.8 Å². The lowest BCUT2D eigenvalue weighted by Crippen LogP contribution is -2.31. The molecule has 9 nitrogen and oxygen atoms in total. The van der Waals surface area contributed by atoms with Crippen molar-refractivity contribution in [1.82, 2.24) is 30.4 Å². The minimum Gasteiger partial charge on any atom is -0.481 e. The summed E-state index contributed by atoms with van der Waals surface area (Å²) in [6, 6.07) is 11.6. The molecular weight excluding hydrogens is 466 g/mol. The average Bonchev–Trinajstić information content (AvgIpc) is 3.85. The fourth-order valence-corrected chi connectivity index (χ4v) is 5.50. The zero-order chi connectivity index (χ0) is 25.5. The Morgan fingerprint density at radius 2 is 1.76 bits per heavy atom. The van der Waals surface area contributed by atoms with Crippen LogP contribution >= 0.6 is 0 Å². The Hall–Kier alpha value is -4.01. The summed E-state index contributed by atoms with van der Waals surface area (Å²) in [5.41, 5.74) is 5.74. The maximum atomic E-state index is 13.8. The van der Waals surface area contributed by atoms with Crippen LogP contribution in [0, 0.1) is 31.6 Å². The van der Waals surface area contributed by atoms with Gasteiger partial charge in [0, 0.05) is 34.8 Å². The van der Waals surface area contributed by atoms with E-state index in [9.17, 15) is 4.79 Å². The van der Waals surface area contributed by atoms with Gasteiger partial charge >= 0.3 is 0 Å². The minimum atomic E-state index is -0.386. The fraction of sp³-hybridized carbons (Fsp3) is 0.393. The van der Waals surface area contributed by atoms with E-state index in [-0.39, 0.29) is 17.7 Å². The van der Waals surface area contributed by atoms with Crippen molar-refractivity contribution in [3.63, 3.8) is 0 Å². The van der Waals surface area contributed by atoms with Crippen LogP contribution in [0.1, 0.15) is 48.8 Å². The second kappa shape index (κ2) is 9.46. The van der Waals surface area contributed by atoms with Gasteiger partial charge in [0.05, 0.1) is 12.8 Å². The standard InChI is InChI=1S/C28H31N7O2/c1-15-23(16(2)33-32-15)17-8-10-21(11-9-17)30-28(36)25(24(18-4-5-18)19-6-7-19)27-31-26(34-35-27)20-12-13-29-22(14-20)37-3/h8-14,18-19,24-25H,4-7H2,1-3H3,(H,30,36)(H,32,33)(H,31,34,35). The van der Waals surface area contributed by atoms with Gasteiger partial charge in [0.25, 0.3) is 0 Å². The van der Waals surface area contributed by atoms with Crippen molar-refractivity contribution >= 4 is 11.6 Å². The molecule has 3 N–H and O–H groups in total. The molecule has 2 saturated carbocycles. The van der Waals surface area contributed by atoms with Gasteiger partial charge in [-0.1, -0.05) is 12.1 Å². The number of carbonyl (C=O) groups is 1. The van der Waals surface area contributed by atoms with E-state index in [1.807, 2.05) is 50.2 Å². The van der Waals surface area contributed by atoms with Crippen molar-refractivity contribution in [2.45, 2.75) is 45.4 Å². The van der Waals surface area contributed by atoms with Crippen LogP contribution in [-0.2, 0) is 4.79 Å². The molecule has 1 unspecified atom stereocenters. The number of amides is 1. The van der Waals surface area contributed by atoms with E-state index in [1.165, 1.54) is 25.7 Å². The number of nitrogens with one attached hydrogen (secondary N) is 3. The normalized spacial score (nSPS) is 16.1. The number of rotatable bonds is 9. The van der Waals surface area contributed by atoms with E-state index in [1.54, 1.807) is 13.3 Å². The molecule has 2 fully saturated rings. The number of aryl methyl sites for hydroxylation is 2. The quantitative estimate of drug-likeness (QED) is 0.298. The highest BCUT2D eigenvalue weighted by molar-refractivity contribution is 5.96. The maximum absolute atomic E-state index is 13.8. The lowest BCUT2D eigenvalue weighted by molar-refractivity contribution is -0.119. The Labute approximate surface area is 215 Å². The third-order valence-corrected chi connectivity index (χ3v) is 7.59. The maximum Gasteiger partial charge on any atom is 0.235 e. The Morgan fingerprint density at radius 3 is 2.38 bits per heavy atom. The van der Waals surface area contributed by atoms with E-state index in [4.69, 9.17) is 4.74 Å². The van der Waals surface area contributed by atoms with Crippen LogP contribution in [0.15, 0.2) is 42.6 Å². The highest BCUT2D eigenvalue weighted by atomic mass is 16.5. The molecule has 0 saturated heterocycles. The molecule has 0 bridgehead atoms. The molecule has 3 aromatic heterocycles. The van der Waals surface area contributed by atoms with Gasteiger partial charge < -0.3 is 15.0 Å². The summed E-state index contributed by atoms with van der Waals surface area (Å²) in [6.07, 6.45) is 6.36. The van der Waals surface area contributed by atoms with Crippen molar-refractivity contribution in [2.75, 3.05) is 12.4 Å². The molecule has 6 rings (SSSR count). The summed E-state index contributed by atoms with van der Waals surface area (Å²) in [4.78, 5) is 21.4. The number of benzene rings is 1. The zero-order valence-corrected chi connectivity index (χ0v) is 21.3. The number of nitrogens with zero attached hydrogens (tertiary/aromatic N) is 4. The number of methoxy groups -OCH3 is 1. The molecule has 3 heterocycles. The van der Waals surface area contributed by atoms with E-state index in [0.29, 0.717) is 29.4 Å². The summed E-state index contributed by atoms with van der Waals surface area (Å²) in [6.45, 7) is 4.00. The molecule has 4 aromatic rings. The van der Waals surface area contributed by atoms with Crippen LogP contribution in [0.5, 0.6) is 5.88 Å². The number of hydrogen-bond donors (Lipinski definition) is 3. The number of hydrogen-bond acceptors (Lipinski definition) is 6. The fourth-order valence-electron chi connectivity index (χ4n) is 5.50. The molecular formula is C28H31N7O2. The number of H-pyrrole nitrogens is 2. The predicted octanol–water partition coefficient (Wildman–Crippen LogP) is 5.04. The smallest absolute Gasteiger partial charge is 0.235 e. The molecule has 37 heavy (non-hydrogen) atoms. The summed E-state index contributed by atoms with van der Waals surface area (Å²) >= 11 is 0. The SMILES string of the molecule is COc1cc(-c2nnc(C(C(=O)Nc3ccc(-c4c(C)n[nH]c4C)cc3)C(C3CC3)C3CC3)[nH]2)ccn1. The van der Waals surface area contributed by atoms with Crippen LogP contribution < -0.4 is 10.1 Å². The molecule has 2 aliphatic carbocycles. The van der Waals surface area contributed by atoms with E-state index >= 15 is 0 Å². The minimum absolute atomic E-state index is 0.0396. The van der Waals surface area contributed by atoms with Crippen LogP contribution in [0.3, 0.4) is 0 Å². The molecule has 190 valence electrons. The molecule has 0 radical (unpaired) electrons. The summed E-state index contributed by atoms with van der Waals surface area (Å²) in [5, 5.41) is 19.4. The van der Waals surface area contributed by atoms with Crippen LogP contribution in [-0.4, -0.2) is 43.4 Å². The average molecular weight is 498 g/mol. The monoisotopic (exact) mass is 497 g/mol. The van der Waals surface area contributed by atoms with Crippen LogP contribution in [0.25, 0.3) is 22.5 Å². The van der Waals surface area contributed by atoms with Gasteiger partial charge in [0.1, 0.15) is 11.7 Å². The Kier molecular flexibility index (Phi) is 5.98. The van der Waals surface area contributed by atoms with Crippen molar-refractivity contribution in [2.24, 2.45) is 17.8 Å². The second-order valence-electron chi connectivity index (χ2n) is 10.3. The first-order chi connectivity index (χ1) is 18.0. The van der Waals surface area contributed by atoms with Crippen LogP contribution in [0.4, 0.5) is 5.69 Å². The first-order valence-electron chi connectivity index (χ1n) is 12.9. The molecule has 0 aliphatic heterocycles. The number of anilines is 1. The summed E-state index contributed by atoms with van der Waals surface area (Å²) in [5.74, 6) is 2.69. The number of ether oxygens (including phenoxy) is 1. The summed E-state index contributed by atoms with van der Waals surface area (Å²) in [7, 11) is 1.58.